The molecule has 0 aliphatic carbocycles. The van der Waals surface area contributed by atoms with Gasteiger partial charge in [-0.3, -0.25) is 0 Å². The predicted octanol–water partition coefficient (Wildman–Crippen LogP) is 3.70. The molecular weight excluding hydrogens is 302 g/mol. The minimum atomic E-state index is -6.08. The zero-order valence-corrected chi connectivity index (χ0v) is 10.7. The molecule has 8 heteroatoms. The third-order valence-electron chi connectivity index (χ3n) is 1.39. The van der Waals surface area contributed by atoms with E-state index in [0.29, 0.717) is 0 Å². The van der Waals surface area contributed by atoms with Gasteiger partial charge in [0.25, 0.3) is 0 Å². The summed E-state index contributed by atoms with van der Waals surface area (Å²) in [4.78, 5) is 0. The van der Waals surface area contributed by atoms with E-state index in [1.807, 2.05) is 0 Å². The second-order valence-electron chi connectivity index (χ2n) is 4.15. The van der Waals surface area contributed by atoms with Crippen molar-refractivity contribution in [3.63, 3.8) is 0 Å². The Morgan fingerprint density at radius 3 is 1.25 bits per heavy atom. The molecule has 16 heavy (non-hydrogen) atoms. The maximum atomic E-state index is 12.9. The van der Waals surface area contributed by atoms with Crippen LogP contribution < -0.4 is 0 Å². The van der Waals surface area contributed by atoms with Gasteiger partial charge in [0.1, 0.15) is 0 Å². The van der Waals surface area contributed by atoms with E-state index in [4.69, 9.17) is 0 Å². The number of alkyl halides is 7. The summed E-state index contributed by atoms with van der Waals surface area (Å²) in [5.74, 6) is 5.11. The van der Waals surface area contributed by atoms with Crippen molar-refractivity contribution in [2.45, 2.75) is 35.3 Å². The molecule has 0 atom stereocenters. The summed E-state index contributed by atoms with van der Waals surface area (Å²) in [5.41, 5.74) is -5.43. The first-order valence-corrected chi connectivity index (χ1v) is 11.4. The van der Waals surface area contributed by atoms with E-state index in [1.54, 1.807) is 4.75 Å². The van der Waals surface area contributed by atoms with Crippen molar-refractivity contribution in [1.82, 2.24) is 0 Å². The van der Waals surface area contributed by atoms with E-state index < -0.39 is 31.3 Å². The molecule has 0 N–H and O–H groups in total. The first kappa shape index (κ1) is 15.6. The van der Waals surface area contributed by atoms with Gasteiger partial charge in [-0.15, -0.1) is 0 Å². The number of halogens is 7. The topological polar surface area (TPSA) is 0 Å². The van der Waals surface area contributed by atoms with Crippen LogP contribution in [0.15, 0.2) is 0 Å². The monoisotopic (exact) mass is 312 g/mol. The van der Waals surface area contributed by atoms with Crippen LogP contribution in [0.25, 0.3) is 0 Å². The Hall–Kier alpha value is -0.387. The second-order valence-corrected chi connectivity index (χ2v) is 14.1. The fraction of sp³-hybridized carbons (Fsp3) is 0.750. The van der Waals surface area contributed by atoms with Gasteiger partial charge in [0.05, 0.1) is 0 Å². The molecule has 0 unspecified atom stereocenters. The van der Waals surface area contributed by atoms with Crippen LogP contribution in [0.3, 0.4) is 0 Å². The third-order valence-corrected chi connectivity index (χ3v) is 3.23. The SMILES string of the molecule is [CH3][Ge]([CH3])([CH3])[C]#CC(F)(C(F)(F)F)C(F)(F)F. The van der Waals surface area contributed by atoms with Crippen molar-refractivity contribution < 1.29 is 30.7 Å². The Morgan fingerprint density at radius 2 is 1.06 bits per heavy atom. The molecule has 0 spiro atoms. The van der Waals surface area contributed by atoms with Crippen molar-refractivity contribution in [2.24, 2.45) is 0 Å². The Labute approximate surface area is 90.6 Å². The van der Waals surface area contributed by atoms with Crippen LogP contribution in [0.2, 0.25) is 17.3 Å². The normalized spacial score (nSPS) is 14.4. The van der Waals surface area contributed by atoms with Crippen LogP contribution >= 0.6 is 0 Å². The average Bonchev–Trinajstić information content (AvgIpc) is 1.93. The van der Waals surface area contributed by atoms with Crippen LogP contribution in [0, 0.1) is 10.7 Å². The second kappa shape index (κ2) is 4.13. The van der Waals surface area contributed by atoms with Gasteiger partial charge in [-0.25, -0.2) is 0 Å². The van der Waals surface area contributed by atoms with Crippen LogP contribution in [0.4, 0.5) is 30.7 Å². The van der Waals surface area contributed by atoms with E-state index in [-0.39, 0.29) is 0 Å². The van der Waals surface area contributed by atoms with Gasteiger partial charge < -0.3 is 0 Å². The molecule has 0 bridgehead atoms. The van der Waals surface area contributed by atoms with E-state index in [2.05, 4.69) is 0 Å². The van der Waals surface area contributed by atoms with Crippen molar-refractivity contribution in [2.75, 3.05) is 0 Å². The first-order chi connectivity index (χ1) is 6.71. The van der Waals surface area contributed by atoms with Crippen LogP contribution in [-0.4, -0.2) is 31.3 Å². The van der Waals surface area contributed by atoms with Crippen molar-refractivity contribution in [3.8, 4) is 10.7 Å². The van der Waals surface area contributed by atoms with Gasteiger partial charge in [0.2, 0.25) is 0 Å². The minimum absolute atomic E-state index is 0.733. The predicted molar refractivity (Wildman–Crippen MR) is 47.1 cm³/mol. The molecule has 0 aromatic carbocycles. The van der Waals surface area contributed by atoms with Gasteiger partial charge in [-0.2, -0.15) is 0 Å². The summed E-state index contributed by atoms with van der Waals surface area (Å²) in [6.45, 7) is 0. The fourth-order valence-corrected chi connectivity index (χ4v) is 1.72. The number of rotatable bonds is 0. The van der Waals surface area contributed by atoms with Crippen LogP contribution in [0.5, 0.6) is 0 Å². The first-order valence-electron chi connectivity index (χ1n) is 4.07. The van der Waals surface area contributed by atoms with Crippen molar-refractivity contribution in [3.05, 3.63) is 0 Å². The summed E-state index contributed by atoms with van der Waals surface area (Å²) in [5, 5.41) is 0. The molecular formula is C8H9F7Ge. The Balaban J connectivity index is 5.54. The summed E-state index contributed by atoms with van der Waals surface area (Å²) >= 11 is -3.00. The van der Waals surface area contributed by atoms with Gasteiger partial charge in [-0.05, 0) is 0 Å². The summed E-state index contributed by atoms with van der Waals surface area (Å²) in [6.07, 6.45) is -12.2. The number of hydrogen-bond donors (Lipinski definition) is 0. The van der Waals surface area contributed by atoms with E-state index in [9.17, 15) is 30.7 Å². The van der Waals surface area contributed by atoms with E-state index >= 15 is 0 Å². The van der Waals surface area contributed by atoms with Gasteiger partial charge in [0.15, 0.2) is 0 Å². The molecule has 0 rings (SSSR count). The summed E-state index contributed by atoms with van der Waals surface area (Å²) < 4.78 is 86.7. The quantitative estimate of drug-likeness (QED) is 0.363. The Morgan fingerprint density at radius 1 is 0.750 bits per heavy atom. The third kappa shape index (κ3) is 3.57. The molecule has 0 fully saturated rings. The van der Waals surface area contributed by atoms with E-state index in [1.165, 1.54) is 17.3 Å². The Kier molecular flexibility index (Phi) is 4.03. The van der Waals surface area contributed by atoms with Crippen molar-refractivity contribution >= 4 is 13.3 Å². The molecule has 0 saturated heterocycles. The van der Waals surface area contributed by atoms with E-state index in [0.717, 1.165) is 5.92 Å². The molecule has 0 amide bonds. The summed E-state index contributed by atoms with van der Waals surface area (Å²) in [7, 11) is 0. The van der Waals surface area contributed by atoms with Crippen molar-refractivity contribution in [1.29, 1.82) is 0 Å². The maximum absolute atomic E-state index is 12.9. The molecule has 0 radical (unpaired) electrons. The molecule has 0 aromatic rings. The molecule has 0 saturated carbocycles. The molecule has 0 aliphatic rings. The van der Waals surface area contributed by atoms with Crippen LogP contribution in [-0.2, 0) is 0 Å². The van der Waals surface area contributed by atoms with Gasteiger partial charge >= 0.3 is 90.0 Å². The molecule has 94 valence electrons. The number of hydrogen-bond acceptors (Lipinski definition) is 0. The molecule has 0 aromatic heterocycles. The molecule has 0 nitrogen and oxygen atoms in total. The average molecular weight is 311 g/mol. The molecule has 0 aliphatic heterocycles. The summed E-state index contributed by atoms with van der Waals surface area (Å²) in [6, 6.07) is 0. The van der Waals surface area contributed by atoms with Crippen LogP contribution in [0.1, 0.15) is 0 Å². The van der Waals surface area contributed by atoms with Gasteiger partial charge in [-0.1, -0.05) is 0 Å². The zero-order valence-electron chi connectivity index (χ0n) is 8.65. The van der Waals surface area contributed by atoms with Gasteiger partial charge in [0, 0.05) is 0 Å². The molecule has 0 heterocycles. The fourth-order valence-electron chi connectivity index (χ4n) is 0.576. The Bertz CT molecular complexity index is 294. The zero-order chi connectivity index (χ0) is 13.4. The standard InChI is InChI=1S/C8H9F7Ge/c1-16(2,3)5-4-6(9,7(10,11)12)8(13,14)15/h1-3H3.